The van der Waals surface area contributed by atoms with E-state index in [0.717, 1.165) is 22.5 Å². The van der Waals surface area contributed by atoms with Crippen LogP contribution in [0.25, 0.3) is 16.0 Å². The molecule has 1 aliphatic rings. The summed E-state index contributed by atoms with van der Waals surface area (Å²) in [6.45, 7) is 0. The maximum atomic E-state index is 14.9. The Morgan fingerprint density at radius 2 is 1.75 bits per heavy atom. The average molecular weight is 523 g/mol. The molecule has 1 unspecified atom stereocenters. The molecule has 1 aliphatic heterocycles. The van der Waals surface area contributed by atoms with Crippen molar-refractivity contribution in [3.05, 3.63) is 95.3 Å². The molecule has 1 fully saturated rings. The minimum atomic E-state index is -3.47. The molecule has 10 heteroatoms. The van der Waals surface area contributed by atoms with E-state index < -0.39 is 33.4 Å². The third-order valence-electron chi connectivity index (χ3n) is 5.98. The largest absolute Gasteiger partial charge is 0.507 e. The van der Waals surface area contributed by atoms with Crippen LogP contribution in [0.15, 0.2) is 83.3 Å². The highest BCUT2D eigenvalue weighted by Gasteiger charge is 2.43. The molecule has 4 aromatic rings. The number of amides is 1. The number of Topliss-reactive ketones (excluding diaryl/α,β-unsaturated/α-hetero) is 1. The van der Waals surface area contributed by atoms with E-state index in [1.165, 1.54) is 36.4 Å². The highest BCUT2D eigenvalue weighted by Crippen LogP contribution is 2.42. The zero-order chi connectivity index (χ0) is 25.6. The number of piperidine rings is 1. The van der Waals surface area contributed by atoms with Gasteiger partial charge in [-0.2, -0.15) is 0 Å². The number of anilines is 1. The lowest BCUT2D eigenvalue weighted by Gasteiger charge is -2.34. The number of hydrogen-bond donors (Lipinski definition) is 1. The molecule has 0 spiro atoms. The number of aliphatic hydroxyl groups excluding tert-OH is 1. The van der Waals surface area contributed by atoms with Gasteiger partial charge in [0, 0.05) is 23.8 Å². The maximum absolute atomic E-state index is 14.9. The van der Waals surface area contributed by atoms with Crippen LogP contribution >= 0.6 is 11.3 Å². The summed E-state index contributed by atoms with van der Waals surface area (Å²) >= 11 is 1.03. The molecule has 1 N–H and O–H groups in total. The second kappa shape index (κ2) is 8.96. The van der Waals surface area contributed by atoms with Crippen molar-refractivity contribution < 1.29 is 27.5 Å². The predicted molar refractivity (Wildman–Crippen MR) is 135 cm³/mol. The molecular formula is C26H19FN2O5S2. The molecule has 3 aromatic carbocycles. The van der Waals surface area contributed by atoms with Crippen LogP contribution in [0, 0.1) is 5.82 Å². The van der Waals surface area contributed by atoms with E-state index in [-0.39, 0.29) is 33.3 Å². The number of halogens is 1. The molecule has 0 radical (unpaired) electrons. The summed E-state index contributed by atoms with van der Waals surface area (Å²) in [4.78, 5) is 32.3. The molecule has 36 heavy (non-hydrogen) atoms. The zero-order valence-corrected chi connectivity index (χ0v) is 20.5. The van der Waals surface area contributed by atoms with Gasteiger partial charge >= 0.3 is 5.91 Å². The van der Waals surface area contributed by atoms with Gasteiger partial charge in [-0.25, -0.2) is 17.8 Å². The molecule has 1 aromatic heterocycles. The summed E-state index contributed by atoms with van der Waals surface area (Å²) < 4.78 is 39.4. The van der Waals surface area contributed by atoms with Crippen LogP contribution < -0.4 is 4.90 Å². The summed E-state index contributed by atoms with van der Waals surface area (Å²) in [6.07, 6.45) is 0.945. The van der Waals surface area contributed by atoms with Crippen LogP contribution in [-0.2, 0) is 19.4 Å². The van der Waals surface area contributed by atoms with Crippen LogP contribution in [0.2, 0.25) is 0 Å². The third-order valence-corrected chi connectivity index (χ3v) is 8.10. The lowest BCUT2D eigenvalue weighted by Crippen LogP contribution is -2.45. The number of aromatic nitrogens is 1. The molecule has 1 amide bonds. The summed E-state index contributed by atoms with van der Waals surface area (Å²) in [6, 6.07) is 17.7. The van der Waals surface area contributed by atoms with Gasteiger partial charge in [0.25, 0.3) is 5.78 Å². The molecular weight excluding hydrogens is 503 g/mol. The number of thiazole rings is 1. The quantitative estimate of drug-likeness (QED) is 0.233. The number of fused-ring (bicyclic) bond motifs is 1. The van der Waals surface area contributed by atoms with Crippen molar-refractivity contribution in [2.24, 2.45) is 0 Å². The number of carbonyl (C=O) groups is 2. The first-order valence-electron chi connectivity index (χ1n) is 10.9. The van der Waals surface area contributed by atoms with Crippen molar-refractivity contribution >= 4 is 54.0 Å². The van der Waals surface area contributed by atoms with Gasteiger partial charge in [-0.15, -0.1) is 0 Å². The Kier molecular flexibility index (Phi) is 5.93. The van der Waals surface area contributed by atoms with E-state index >= 15 is 0 Å². The highest BCUT2D eigenvalue weighted by atomic mass is 32.2. The lowest BCUT2D eigenvalue weighted by molar-refractivity contribution is -0.135. The Labute approximate surface area is 210 Å². The van der Waals surface area contributed by atoms with Crippen LogP contribution in [0.5, 0.6) is 0 Å². The second-order valence-electron chi connectivity index (χ2n) is 8.34. The zero-order valence-electron chi connectivity index (χ0n) is 18.9. The molecule has 0 saturated carbocycles. The fourth-order valence-corrected chi connectivity index (χ4v) is 5.95. The first-order valence-corrected chi connectivity index (χ1v) is 13.6. The van der Waals surface area contributed by atoms with Gasteiger partial charge in [0.15, 0.2) is 15.0 Å². The summed E-state index contributed by atoms with van der Waals surface area (Å²) in [5.41, 5.74) is 0.843. The number of nitrogens with zero attached hydrogens (tertiary/aromatic N) is 2. The molecule has 7 nitrogen and oxygen atoms in total. The normalized spacial score (nSPS) is 18.1. The Balaban J connectivity index is 1.67. The van der Waals surface area contributed by atoms with E-state index in [1.54, 1.807) is 36.4 Å². The van der Waals surface area contributed by atoms with E-state index in [0.29, 0.717) is 15.8 Å². The highest BCUT2D eigenvalue weighted by molar-refractivity contribution is 7.90. The molecule has 0 aliphatic carbocycles. The van der Waals surface area contributed by atoms with Crippen LogP contribution in [0.3, 0.4) is 0 Å². The van der Waals surface area contributed by atoms with Crippen LogP contribution in [0.1, 0.15) is 23.6 Å². The standard InChI is InChI=1S/C26H19FN2O5S2/c1-36(33,34)16-11-12-20-22(13-16)35-26(28-20)29-21(17-9-5-6-10-19(17)27)14-18(24(31)25(29)32)23(30)15-7-3-2-4-8-15/h2-13,21,30H,14H2,1H3/b23-18+. The number of ketones is 1. The van der Waals surface area contributed by atoms with Gasteiger partial charge in [-0.05, 0) is 24.3 Å². The molecule has 5 rings (SSSR count). The Bertz CT molecular complexity index is 1660. The van der Waals surface area contributed by atoms with Crippen molar-refractivity contribution in [2.75, 3.05) is 11.2 Å². The Hall–Kier alpha value is -3.89. The number of benzene rings is 3. The fourth-order valence-electron chi connectivity index (χ4n) is 4.17. The SMILES string of the molecule is CS(=O)(=O)c1ccc2nc(N3C(=O)C(=O)/C(=C(/O)c4ccccc4)CC3c3ccccc3F)sc2c1. The molecule has 1 atom stereocenters. The van der Waals surface area contributed by atoms with Crippen molar-refractivity contribution in [3.63, 3.8) is 0 Å². The smallest absolute Gasteiger partial charge is 0.301 e. The van der Waals surface area contributed by atoms with Crippen molar-refractivity contribution in [1.82, 2.24) is 4.98 Å². The Morgan fingerprint density at radius 1 is 1.06 bits per heavy atom. The molecule has 2 heterocycles. The number of aliphatic hydroxyl groups is 1. The molecule has 0 bridgehead atoms. The van der Waals surface area contributed by atoms with Crippen molar-refractivity contribution in [2.45, 2.75) is 17.4 Å². The van der Waals surface area contributed by atoms with Gasteiger partial charge in [-0.1, -0.05) is 59.9 Å². The first kappa shape index (κ1) is 23.8. The molecule has 1 saturated heterocycles. The number of carbonyl (C=O) groups excluding carboxylic acids is 2. The van der Waals surface area contributed by atoms with Crippen LogP contribution in [-0.4, -0.2) is 36.5 Å². The maximum Gasteiger partial charge on any atom is 0.301 e. The van der Waals surface area contributed by atoms with E-state index in [2.05, 4.69) is 4.98 Å². The summed E-state index contributed by atoms with van der Waals surface area (Å²) in [5, 5.41) is 11.0. The van der Waals surface area contributed by atoms with Gasteiger partial charge in [0.05, 0.1) is 26.7 Å². The van der Waals surface area contributed by atoms with Gasteiger partial charge < -0.3 is 5.11 Å². The topological polar surface area (TPSA) is 105 Å². The molecule has 182 valence electrons. The van der Waals surface area contributed by atoms with Crippen LogP contribution in [0.4, 0.5) is 9.52 Å². The van der Waals surface area contributed by atoms with Gasteiger partial charge in [-0.3, -0.25) is 14.5 Å². The number of hydrogen-bond acceptors (Lipinski definition) is 7. The van der Waals surface area contributed by atoms with E-state index in [9.17, 15) is 27.5 Å². The minimum absolute atomic E-state index is 0.0925. The van der Waals surface area contributed by atoms with Crippen molar-refractivity contribution in [1.29, 1.82) is 0 Å². The lowest BCUT2D eigenvalue weighted by atomic mass is 9.88. The predicted octanol–water partition coefficient (Wildman–Crippen LogP) is 4.86. The first-order chi connectivity index (χ1) is 17.1. The second-order valence-corrected chi connectivity index (χ2v) is 11.4. The van der Waals surface area contributed by atoms with Crippen molar-refractivity contribution in [3.8, 4) is 0 Å². The summed E-state index contributed by atoms with van der Waals surface area (Å²) in [5.74, 6) is -2.79. The average Bonchev–Trinajstić information content (AvgIpc) is 3.28. The third kappa shape index (κ3) is 4.18. The fraction of sp³-hybridized carbons (Fsp3) is 0.115. The number of sulfone groups is 1. The van der Waals surface area contributed by atoms with E-state index in [1.807, 2.05) is 0 Å². The summed E-state index contributed by atoms with van der Waals surface area (Å²) in [7, 11) is -3.47. The minimum Gasteiger partial charge on any atom is -0.507 e. The van der Waals surface area contributed by atoms with Gasteiger partial charge in [0.1, 0.15) is 11.6 Å². The Morgan fingerprint density at radius 3 is 2.44 bits per heavy atom. The monoisotopic (exact) mass is 522 g/mol. The van der Waals surface area contributed by atoms with E-state index in [4.69, 9.17) is 0 Å². The van der Waals surface area contributed by atoms with Gasteiger partial charge in [0.2, 0.25) is 0 Å². The number of rotatable bonds is 4.